The summed E-state index contributed by atoms with van der Waals surface area (Å²) in [5.74, 6) is 0.151. The second-order valence-electron chi connectivity index (χ2n) is 5.87. The van der Waals surface area contributed by atoms with E-state index in [9.17, 15) is 4.79 Å². The molecule has 1 saturated heterocycles. The predicted molar refractivity (Wildman–Crippen MR) is 92.5 cm³/mol. The van der Waals surface area contributed by atoms with Crippen molar-refractivity contribution < 1.29 is 9.53 Å². The molecular weight excluding hydrogens is 324 g/mol. The van der Waals surface area contributed by atoms with Crippen molar-refractivity contribution >= 4 is 17.7 Å². The highest BCUT2D eigenvalue weighted by Gasteiger charge is 2.27. The van der Waals surface area contributed by atoms with Gasteiger partial charge in [0.05, 0.1) is 18.0 Å². The van der Waals surface area contributed by atoms with Crippen LogP contribution in [0.4, 0.5) is 0 Å². The van der Waals surface area contributed by atoms with E-state index in [1.165, 1.54) is 23.7 Å². The van der Waals surface area contributed by atoms with Crippen LogP contribution in [0, 0.1) is 0 Å². The quantitative estimate of drug-likeness (QED) is 0.814. The number of thioether (sulfide) groups is 1. The van der Waals surface area contributed by atoms with Crippen LogP contribution in [0.5, 0.6) is 0 Å². The molecule has 0 radical (unpaired) electrons. The summed E-state index contributed by atoms with van der Waals surface area (Å²) < 4.78 is 5.98. The number of carbonyl (C=O) groups is 1. The smallest absolute Gasteiger partial charge is 0.235 e. The molecular formula is C17H22N4O2S. The van der Waals surface area contributed by atoms with Crippen molar-refractivity contribution in [2.45, 2.75) is 42.9 Å². The zero-order chi connectivity index (χ0) is 16.8. The average molecular weight is 346 g/mol. The number of hydrogen-bond donors (Lipinski definition) is 1. The third-order valence-corrected chi connectivity index (χ3v) is 5.09. The largest absolute Gasteiger partial charge is 0.373 e. The number of amides is 1. The number of rotatable bonds is 6. The van der Waals surface area contributed by atoms with Gasteiger partial charge in [0.25, 0.3) is 0 Å². The van der Waals surface area contributed by atoms with Crippen molar-refractivity contribution in [1.29, 1.82) is 0 Å². The SMILES string of the molecule is C[C@H](Sc1ncn[nH]1)C(=O)N1CCC(OCc2ccccc2)CC1. The Hall–Kier alpha value is -1.86. The summed E-state index contributed by atoms with van der Waals surface area (Å²) in [7, 11) is 0. The molecule has 1 N–H and O–H groups in total. The minimum atomic E-state index is -0.167. The molecule has 128 valence electrons. The van der Waals surface area contributed by atoms with E-state index >= 15 is 0 Å². The van der Waals surface area contributed by atoms with E-state index in [-0.39, 0.29) is 17.3 Å². The van der Waals surface area contributed by atoms with Crippen LogP contribution in [-0.2, 0) is 16.1 Å². The van der Waals surface area contributed by atoms with Crippen LogP contribution in [0.25, 0.3) is 0 Å². The van der Waals surface area contributed by atoms with E-state index in [4.69, 9.17) is 4.74 Å². The number of benzene rings is 1. The monoisotopic (exact) mass is 346 g/mol. The summed E-state index contributed by atoms with van der Waals surface area (Å²) in [6, 6.07) is 10.2. The Morgan fingerprint density at radius 2 is 2.12 bits per heavy atom. The highest BCUT2D eigenvalue weighted by atomic mass is 32.2. The number of carbonyl (C=O) groups excluding carboxylic acids is 1. The molecule has 0 spiro atoms. The molecule has 1 aromatic heterocycles. The number of piperidine rings is 1. The normalized spacial score (nSPS) is 17.0. The Bertz CT molecular complexity index is 627. The highest BCUT2D eigenvalue weighted by molar-refractivity contribution is 8.00. The number of nitrogens with zero attached hydrogens (tertiary/aromatic N) is 3. The number of H-pyrrole nitrogens is 1. The summed E-state index contributed by atoms with van der Waals surface area (Å²) in [5.41, 5.74) is 1.19. The lowest BCUT2D eigenvalue weighted by Gasteiger charge is -2.33. The van der Waals surface area contributed by atoms with Crippen molar-refractivity contribution in [2.24, 2.45) is 0 Å². The molecule has 1 aliphatic heterocycles. The van der Waals surface area contributed by atoms with Gasteiger partial charge >= 0.3 is 0 Å². The van der Waals surface area contributed by atoms with Crippen LogP contribution in [0.15, 0.2) is 41.8 Å². The first-order valence-electron chi connectivity index (χ1n) is 8.18. The van der Waals surface area contributed by atoms with Crippen molar-refractivity contribution in [3.8, 4) is 0 Å². The number of nitrogens with one attached hydrogen (secondary N) is 1. The maximum Gasteiger partial charge on any atom is 0.235 e. The Morgan fingerprint density at radius 3 is 2.79 bits per heavy atom. The zero-order valence-corrected chi connectivity index (χ0v) is 14.5. The minimum absolute atomic E-state index is 0.151. The molecule has 0 aliphatic carbocycles. The summed E-state index contributed by atoms with van der Waals surface area (Å²) in [6.45, 7) is 4.05. The molecule has 1 amide bonds. The van der Waals surface area contributed by atoms with Gasteiger partial charge in [-0.25, -0.2) is 4.98 Å². The molecule has 1 aliphatic rings. The number of aromatic amines is 1. The van der Waals surface area contributed by atoms with Gasteiger partial charge in [0, 0.05) is 13.1 Å². The Labute approximate surface area is 146 Å². The van der Waals surface area contributed by atoms with Gasteiger partial charge in [-0.3, -0.25) is 9.89 Å². The van der Waals surface area contributed by atoms with Gasteiger partial charge in [-0.05, 0) is 25.3 Å². The average Bonchev–Trinajstić information content (AvgIpc) is 3.13. The molecule has 7 heteroatoms. The van der Waals surface area contributed by atoms with Crippen LogP contribution < -0.4 is 0 Å². The predicted octanol–water partition coefficient (Wildman–Crippen LogP) is 2.49. The van der Waals surface area contributed by atoms with Gasteiger partial charge in [-0.1, -0.05) is 42.1 Å². The third-order valence-electron chi connectivity index (χ3n) is 4.11. The first-order chi connectivity index (χ1) is 11.7. The second kappa shape index (κ2) is 8.30. The van der Waals surface area contributed by atoms with E-state index in [2.05, 4.69) is 27.3 Å². The van der Waals surface area contributed by atoms with E-state index in [1.54, 1.807) is 0 Å². The molecule has 0 unspecified atom stereocenters. The molecule has 24 heavy (non-hydrogen) atoms. The van der Waals surface area contributed by atoms with Gasteiger partial charge in [-0.2, -0.15) is 5.10 Å². The molecule has 1 aromatic carbocycles. The van der Waals surface area contributed by atoms with Crippen LogP contribution in [0.2, 0.25) is 0 Å². The van der Waals surface area contributed by atoms with E-state index in [1.807, 2.05) is 30.0 Å². The van der Waals surface area contributed by atoms with E-state index in [0.29, 0.717) is 11.8 Å². The fourth-order valence-electron chi connectivity index (χ4n) is 2.76. The Kier molecular flexibility index (Phi) is 5.87. The lowest BCUT2D eigenvalue weighted by molar-refractivity contribution is -0.133. The number of ether oxygens (including phenoxy) is 1. The first-order valence-corrected chi connectivity index (χ1v) is 9.06. The summed E-state index contributed by atoms with van der Waals surface area (Å²) in [6.07, 6.45) is 3.46. The number of likely N-dealkylation sites (tertiary alicyclic amines) is 1. The van der Waals surface area contributed by atoms with Crippen molar-refractivity contribution in [3.63, 3.8) is 0 Å². The topological polar surface area (TPSA) is 71.1 Å². The maximum absolute atomic E-state index is 12.5. The van der Waals surface area contributed by atoms with E-state index < -0.39 is 0 Å². The van der Waals surface area contributed by atoms with E-state index in [0.717, 1.165) is 25.9 Å². The summed E-state index contributed by atoms with van der Waals surface area (Å²) in [5, 5.41) is 7.09. The molecule has 6 nitrogen and oxygen atoms in total. The number of hydrogen-bond acceptors (Lipinski definition) is 5. The molecule has 2 heterocycles. The highest BCUT2D eigenvalue weighted by Crippen LogP contribution is 2.23. The van der Waals surface area contributed by atoms with Gasteiger partial charge in [0.1, 0.15) is 6.33 Å². The maximum atomic E-state index is 12.5. The second-order valence-corrected chi connectivity index (χ2v) is 7.20. The Morgan fingerprint density at radius 1 is 1.38 bits per heavy atom. The van der Waals surface area contributed by atoms with Gasteiger partial charge in [-0.15, -0.1) is 0 Å². The van der Waals surface area contributed by atoms with Crippen molar-refractivity contribution in [1.82, 2.24) is 20.1 Å². The zero-order valence-electron chi connectivity index (χ0n) is 13.7. The molecule has 3 rings (SSSR count). The summed E-state index contributed by atoms with van der Waals surface area (Å²) in [4.78, 5) is 18.5. The van der Waals surface area contributed by atoms with Crippen LogP contribution >= 0.6 is 11.8 Å². The molecule has 1 fully saturated rings. The lowest BCUT2D eigenvalue weighted by atomic mass is 10.1. The van der Waals surface area contributed by atoms with Crippen molar-refractivity contribution in [2.75, 3.05) is 13.1 Å². The molecule has 0 saturated carbocycles. The standard InChI is InChI=1S/C17H22N4O2S/c1-13(24-17-18-12-19-20-17)16(22)21-9-7-15(8-10-21)23-11-14-5-3-2-4-6-14/h2-6,12-13,15H,7-11H2,1H3,(H,18,19,20)/t13-/m0/s1. The van der Waals surface area contributed by atoms with Crippen molar-refractivity contribution in [3.05, 3.63) is 42.2 Å². The van der Waals surface area contributed by atoms with Gasteiger partial charge in [0.15, 0.2) is 5.16 Å². The fourth-order valence-corrected chi connectivity index (χ4v) is 3.56. The summed E-state index contributed by atoms with van der Waals surface area (Å²) >= 11 is 1.41. The Balaban J connectivity index is 1.42. The molecule has 1 atom stereocenters. The third kappa shape index (κ3) is 4.58. The number of aromatic nitrogens is 3. The molecule has 0 bridgehead atoms. The van der Waals surface area contributed by atoms with Gasteiger partial charge < -0.3 is 9.64 Å². The fraction of sp³-hybridized carbons (Fsp3) is 0.471. The van der Waals surface area contributed by atoms with Crippen LogP contribution in [-0.4, -0.2) is 50.4 Å². The van der Waals surface area contributed by atoms with Gasteiger partial charge in [0.2, 0.25) is 5.91 Å². The lowest BCUT2D eigenvalue weighted by Crippen LogP contribution is -2.44. The van der Waals surface area contributed by atoms with Crippen LogP contribution in [0.3, 0.4) is 0 Å². The molecule has 2 aromatic rings. The first kappa shape index (κ1) is 17.0. The minimum Gasteiger partial charge on any atom is -0.373 e. The van der Waals surface area contributed by atoms with Crippen LogP contribution in [0.1, 0.15) is 25.3 Å².